The third kappa shape index (κ3) is 1.29. The average Bonchev–Trinajstić information content (AvgIpc) is 2.08. The molecule has 1 unspecified atom stereocenters. The maximum absolute atomic E-state index is 10.4. The Hall–Kier alpha value is 0.0200. The summed E-state index contributed by atoms with van der Waals surface area (Å²) in [6, 6.07) is 0. The molecule has 1 aliphatic heterocycles. The van der Waals surface area contributed by atoms with Crippen molar-refractivity contribution in [3.05, 3.63) is 0 Å². The minimum Gasteiger partial charge on any atom is -0.303 e. The lowest BCUT2D eigenvalue weighted by atomic mass is 9.95. The molecule has 0 aromatic heterocycles. The molecule has 0 saturated carbocycles. The molecule has 52 valence electrons. The molecule has 0 aromatic carbocycles. The van der Waals surface area contributed by atoms with Gasteiger partial charge in [0.15, 0.2) is 0 Å². The summed E-state index contributed by atoms with van der Waals surface area (Å²) in [6.07, 6.45) is 2.17. The lowest BCUT2D eigenvalue weighted by Crippen LogP contribution is -2.22. The van der Waals surface area contributed by atoms with Crippen molar-refractivity contribution in [1.29, 1.82) is 0 Å². The fourth-order valence-corrected chi connectivity index (χ4v) is 2.42. The number of carbonyl (C=O) groups excluding carboxylic acids is 1. The van der Waals surface area contributed by atoms with Gasteiger partial charge in [0.25, 0.3) is 0 Å². The second kappa shape index (κ2) is 2.33. The van der Waals surface area contributed by atoms with E-state index in [0.717, 1.165) is 18.5 Å². The van der Waals surface area contributed by atoms with Gasteiger partial charge in [-0.15, -0.1) is 0 Å². The Morgan fingerprint density at radius 1 is 1.67 bits per heavy atom. The van der Waals surface area contributed by atoms with Crippen molar-refractivity contribution in [3.63, 3.8) is 0 Å². The molecular formula is C7H12OS. The number of rotatable bonds is 1. The standard InChI is InChI=1S/C7H12OS/c1-7(2)6(5-8)3-4-9-7/h5-6H,3-4H2,1-2H3. The summed E-state index contributed by atoms with van der Waals surface area (Å²) < 4.78 is 0.210. The summed E-state index contributed by atoms with van der Waals surface area (Å²) in [7, 11) is 0. The van der Waals surface area contributed by atoms with Crippen LogP contribution in [0.2, 0.25) is 0 Å². The van der Waals surface area contributed by atoms with Gasteiger partial charge in [0.05, 0.1) is 0 Å². The van der Waals surface area contributed by atoms with Gasteiger partial charge in [0, 0.05) is 10.7 Å². The van der Waals surface area contributed by atoms with Gasteiger partial charge in [-0.2, -0.15) is 11.8 Å². The Kier molecular flexibility index (Phi) is 1.85. The Morgan fingerprint density at radius 3 is 2.56 bits per heavy atom. The molecule has 1 aliphatic rings. The Bertz CT molecular complexity index is 120. The first-order valence-corrected chi connectivity index (χ1v) is 4.24. The highest BCUT2D eigenvalue weighted by molar-refractivity contribution is 8.00. The first-order chi connectivity index (χ1) is 4.17. The van der Waals surface area contributed by atoms with Crippen LogP contribution in [0.5, 0.6) is 0 Å². The average molecular weight is 144 g/mol. The van der Waals surface area contributed by atoms with Gasteiger partial charge in [0.1, 0.15) is 6.29 Å². The van der Waals surface area contributed by atoms with E-state index in [1.807, 2.05) is 11.8 Å². The molecular weight excluding hydrogens is 132 g/mol. The second-order valence-electron chi connectivity index (χ2n) is 2.98. The summed E-state index contributed by atoms with van der Waals surface area (Å²) in [5.41, 5.74) is 0. The predicted molar refractivity (Wildman–Crippen MR) is 40.7 cm³/mol. The summed E-state index contributed by atoms with van der Waals surface area (Å²) in [6.45, 7) is 4.29. The maximum atomic E-state index is 10.4. The molecule has 0 N–H and O–H groups in total. The highest BCUT2D eigenvalue weighted by Gasteiger charge is 2.34. The zero-order valence-corrected chi connectivity index (χ0v) is 6.70. The zero-order valence-electron chi connectivity index (χ0n) is 5.89. The van der Waals surface area contributed by atoms with Gasteiger partial charge in [-0.3, -0.25) is 0 Å². The normalized spacial score (nSPS) is 32.4. The van der Waals surface area contributed by atoms with E-state index >= 15 is 0 Å². The van der Waals surface area contributed by atoms with Crippen molar-refractivity contribution in [2.24, 2.45) is 5.92 Å². The number of aldehydes is 1. The van der Waals surface area contributed by atoms with Crippen LogP contribution in [0.4, 0.5) is 0 Å². The van der Waals surface area contributed by atoms with E-state index in [1.54, 1.807) is 0 Å². The third-order valence-electron chi connectivity index (χ3n) is 1.96. The van der Waals surface area contributed by atoms with Crippen molar-refractivity contribution in [2.75, 3.05) is 5.75 Å². The minimum atomic E-state index is 0.210. The first kappa shape index (κ1) is 7.13. The predicted octanol–water partition coefficient (Wildman–Crippen LogP) is 1.72. The molecule has 0 aromatic rings. The molecule has 0 spiro atoms. The molecule has 1 heterocycles. The van der Waals surface area contributed by atoms with Gasteiger partial charge in [-0.05, 0) is 12.2 Å². The third-order valence-corrected chi connectivity index (χ3v) is 3.45. The fraction of sp³-hybridized carbons (Fsp3) is 0.857. The van der Waals surface area contributed by atoms with E-state index in [-0.39, 0.29) is 4.75 Å². The van der Waals surface area contributed by atoms with Crippen molar-refractivity contribution in [1.82, 2.24) is 0 Å². The van der Waals surface area contributed by atoms with Crippen LogP contribution in [0, 0.1) is 5.92 Å². The summed E-state index contributed by atoms with van der Waals surface area (Å²) >= 11 is 1.90. The van der Waals surface area contributed by atoms with Gasteiger partial charge >= 0.3 is 0 Å². The molecule has 1 atom stereocenters. The number of hydrogen-bond donors (Lipinski definition) is 0. The van der Waals surface area contributed by atoms with Crippen LogP contribution in [0.3, 0.4) is 0 Å². The second-order valence-corrected chi connectivity index (χ2v) is 4.73. The zero-order chi connectivity index (χ0) is 6.91. The molecule has 2 heteroatoms. The molecule has 0 aliphatic carbocycles. The van der Waals surface area contributed by atoms with E-state index in [9.17, 15) is 4.79 Å². The molecule has 9 heavy (non-hydrogen) atoms. The minimum absolute atomic E-state index is 0.210. The Morgan fingerprint density at radius 2 is 2.33 bits per heavy atom. The van der Waals surface area contributed by atoms with Crippen LogP contribution in [0.25, 0.3) is 0 Å². The quantitative estimate of drug-likeness (QED) is 0.521. The lowest BCUT2D eigenvalue weighted by molar-refractivity contribution is -0.111. The molecule has 1 rings (SSSR count). The maximum Gasteiger partial charge on any atom is 0.124 e. The Balaban J connectivity index is 2.62. The van der Waals surface area contributed by atoms with Crippen LogP contribution >= 0.6 is 11.8 Å². The highest BCUT2D eigenvalue weighted by Crippen LogP contribution is 2.40. The number of carbonyl (C=O) groups is 1. The molecule has 0 radical (unpaired) electrons. The van der Waals surface area contributed by atoms with Gasteiger partial charge in [0.2, 0.25) is 0 Å². The number of hydrogen-bond acceptors (Lipinski definition) is 2. The van der Waals surface area contributed by atoms with E-state index in [2.05, 4.69) is 13.8 Å². The van der Waals surface area contributed by atoms with Gasteiger partial charge in [-0.1, -0.05) is 13.8 Å². The van der Waals surface area contributed by atoms with E-state index in [1.165, 1.54) is 0 Å². The van der Waals surface area contributed by atoms with Crippen LogP contribution in [-0.2, 0) is 4.79 Å². The molecule has 1 fully saturated rings. The smallest absolute Gasteiger partial charge is 0.124 e. The first-order valence-electron chi connectivity index (χ1n) is 3.26. The van der Waals surface area contributed by atoms with Gasteiger partial charge < -0.3 is 4.79 Å². The topological polar surface area (TPSA) is 17.1 Å². The van der Waals surface area contributed by atoms with Crippen molar-refractivity contribution in [2.45, 2.75) is 25.0 Å². The van der Waals surface area contributed by atoms with Crippen LogP contribution in [0.1, 0.15) is 20.3 Å². The van der Waals surface area contributed by atoms with E-state index < -0.39 is 0 Å². The largest absolute Gasteiger partial charge is 0.303 e. The van der Waals surface area contributed by atoms with Crippen molar-refractivity contribution < 1.29 is 4.79 Å². The molecule has 1 saturated heterocycles. The monoisotopic (exact) mass is 144 g/mol. The van der Waals surface area contributed by atoms with E-state index in [0.29, 0.717) is 5.92 Å². The number of thioether (sulfide) groups is 1. The highest BCUT2D eigenvalue weighted by atomic mass is 32.2. The van der Waals surface area contributed by atoms with Gasteiger partial charge in [-0.25, -0.2) is 0 Å². The summed E-state index contributed by atoms with van der Waals surface area (Å²) in [5, 5.41) is 0. The molecule has 0 bridgehead atoms. The van der Waals surface area contributed by atoms with Crippen LogP contribution < -0.4 is 0 Å². The Labute approximate surface area is 60.2 Å². The van der Waals surface area contributed by atoms with Crippen LogP contribution in [0.15, 0.2) is 0 Å². The SMILES string of the molecule is CC1(C)SCCC1C=O. The summed E-state index contributed by atoms with van der Waals surface area (Å²) in [5.74, 6) is 1.44. The molecule has 1 nitrogen and oxygen atoms in total. The fourth-order valence-electron chi connectivity index (χ4n) is 1.14. The van der Waals surface area contributed by atoms with Crippen molar-refractivity contribution >= 4 is 18.0 Å². The van der Waals surface area contributed by atoms with Crippen molar-refractivity contribution in [3.8, 4) is 0 Å². The lowest BCUT2D eigenvalue weighted by Gasteiger charge is -2.20. The van der Waals surface area contributed by atoms with E-state index in [4.69, 9.17) is 0 Å². The van der Waals surface area contributed by atoms with Crippen LogP contribution in [-0.4, -0.2) is 16.8 Å². The summed E-state index contributed by atoms with van der Waals surface area (Å²) in [4.78, 5) is 10.4. The molecule has 0 amide bonds.